The van der Waals surface area contributed by atoms with Crippen molar-refractivity contribution in [3.05, 3.63) is 141 Å². The van der Waals surface area contributed by atoms with Crippen LogP contribution in [0.4, 0.5) is 11.4 Å². The van der Waals surface area contributed by atoms with Crippen molar-refractivity contribution in [1.29, 1.82) is 0 Å². The highest BCUT2D eigenvalue weighted by Crippen LogP contribution is 2.23. The molecule has 2 N–H and O–H groups in total. The largest absolute Gasteiger partial charge is 0.322 e. The molecule has 200 valence electrons. The molecule has 0 saturated carbocycles. The number of carbonyl (C=O) groups excluding carboxylic acids is 2. The second-order valence-electron chi connectivity index (χ2n) is 10.0. The van der Waals surface area contributed by atoms with Crippen LogP contribution >= 0.6 is 15.9 Å². The Balaban J connectivity index is 0.000000161. The van der Waals surface area contributed by atoms with Gasteiger partial charge in [-0.25, -0.2) is 0 Å². The fraction of sp³-hybridized carbons (Fsp3) is 0.143. The third-order valence-electron chi connectivity index (χ3n) is 7.03. The molecule has 5 heteroatoms. The van der Waals surface area contributed by atoms with Gasteiger partial charge in [0.15, 0.2) is 0 Å². The van der Waals surface area contributed by atoms with Crippen LogP contribution in [-0.2, 0) is 12.8 Å². The average Bonchev–Trinajstić information content (AvgIpc) is 2.99. The molecule has 0 aromatic heterocycles. The van der Waals surface area contributed by atoms with Crippen molar-refractivity contribution in [1.82, 2.24) is 0 Å². The Morgan fingerprint density at radius 3 is 1.82 bits per heavy atom. The molecule has 0 aliphatic heterocycles. The van der Waals surface area contributed by atoms with Crippen LogP contribution < -0.4 is 10.6 Å². The van der Waals surface area contributed by atoms with E-state index in [1.54, 1.807) is 0 Å². The molecule has 0 bridgehead atoms. The summed E-state index contributed by atoms with van der Waals surface area (Å²) in [5.74, 6) is -0.125. The number of anilines is 2. The van der Waals surface area contributed by atoms with Crippen molar-refractivity contribution in [3.8, 4) is 0 Å². The first kappa shape index (κ1) is 27.4. The average molecular weight is 592 g/mol. The number of carbonyl (C=O) groups is 2. The zero-order chi connectivity index (χ0) is 27.9. The van der Waals surface area contributed by atoms with Gasteiger partial charge in [0.2, 0.25) is 0 Å². The minimum Gasteiger partial charge on any atom is -0.322 e. The predicted octanol–water partition coefficient (Wildman–Crippen LogP) is 8.98. The summed E-state index contributed by atoms with van der Waals surface area (Å²) in [6, 6.07) is 35.2. The summed E-state index contributed by atoms with van der Waals surface area (Å²) in [6.07, 6.45) is 4.74. The smallest absolute Gasteiger partial charge is 0.255 e. The second-order valence-corrected chi connectivity index (χ2v) is 10.9. The standard InChI is InChI=1S/C18H19NO.C17H12BrNO/c1-13-6-10-17(11-7-13)19-18(20)16-9-8-14-4-2-3-5-15(14)12-16;18-15-7-9-16(10-8-15)19-17(20)14-6-5-12-3-1-2-4-13(12)11-14/h6-12H,2-5H2,1H3,(H,19,20);1-11H,(H,19,20). The van der Waals surface area contributed by atoms with Gasteiger partial charge in [-0.3, -0.25) is 9.59 Å². The van der Waals surface area contributed by atoms with Gasteiger partial charge in [0.25, 0.3) is 11.8 Å². The molecular weight excluding hydrogens is 560 g/mol. The quantitative estimate of drug-likeness (QED) is 0.219. The van der Waals surface area contributed by atoms with Gasteiger partial charge in [-0.15, -0.1) is 0 Å². The van der Waals surface area contributed by atoms with Crippen molar-refractivity contribution in [2.45, 2.75) is 32.6 Å². The van der Waals surface area contributed by atoms with E-state index in [-0.39, 0.29) is 11.8 Å². The third kappa shape index (κ3) is 7.04. The molecule has 40 heavy (non-hydrogen) atoms. The fourth-order valence-electron chi connectivity index (χ4n) is 4.78. The summed E-state index contributed by atoms with van der Waals surface area (Å²) in [7, 11) is 0. The molecule has 0 fully saturated rings. The number of rotatable bonds is 4. The monoisotopic (exact) mass is 590 g/mol. The van der Waals surface area contributed by atoms with Gasteiger partial charge in [-0.2, -0.15) is 0 Å². The van der Waals surface area contributed by atoms with Crippen LogP contribution in [0.1, 0.15) is 50.2 Å². The number of hydrogen-bond donors (Lipinski definition) is 2. The lowest BCUT2D eigenvalue weighted by Crippen LogP contribution is -2.13. The van der Waals surface area contributed by atoms with E-state index in [2.05, 4.69) is 38.7 Å². The number of nitrogens with one attached hydrogen (secondary N) is 2. The lowest BCUT2D eigenvalue weighted by atomic mass is 9.90. The topological polar surface area (TPSA) is 58.2 Å². The molecule has 6 rings (SSSR count). The maximum Gasteiger partial charge on any atom is 0.255 e. The van der Waals surface area contributed by atoms with E-state index in [9.17, 15) is 9.59 Å². The molecule has 0 saturated heterocycles. The number of benzene rings is 5. The van der Waals surface area contributed by atoms with Gasteiger partial charge in [0, 0.05) is 27.0 Å². The van der Waals surface area contributed by atoms with Crippen LogP contribution in [0.5, 0.6) is 0 Å². The molecule has 5 aromatic carbocycles. The van der Waals surface area contributed by atoms with E-state index in [4.69, 9.17) is 0 Å². The molecule has 0 atom stereocenters. The Hall–Kier alpha value is -4.22. The minimum absolute atomic E-state index is 0.0257. The van der Waals surface area contributed by atoms with Crippen LogP contribution in [-0.4, -0.2) is 11.8 Å². The number of aryl methyl sites for hydroxylation is 3. The molecule has 5 aromatic rings. The number of hydrogen-bond acceptors (Lipinski definition) is 2. The zero-order valence-corrected chi connectivity index (χ0v) is 24.0. The Morgan fingerprint density at radius 2 is 1.15 bits per heavy atom. The van der Waals surface area contributed by atoms with Crippen LogP contribution in [0, 0.1) is 6.92 Å². The summed E-state index contributed by atoms with van der Waals surface area (Å²) in [5, 5.41) is 8.04. The Bertz CT molecular complexity index is 1640. The number of amides is 2. The van der Waals surface area contributed by atoms with Crippen LogP contribution in [0.25, 0.3) is 10.8 Å². The Morgan fingerprint density at radius 1 is 0.600 bits per heavy atom. The van der Waals surface area contributed by atoms with Gasteiger partial charge < -0.3 is 10.6 Å². The highest BCUT2D eigenvalue weighted by Gasteiger charge is 2.13. The van der Waals surface area contributed by atoms with E-state index in [0.29, 0.717) is 5.56 Å². The molecule has 0 spiro atoms. The summed E-state index contributed by atoms with van der Waals surface area (Å²) < 4.78 is 0.987. The van der Waals surface area contributed by atoms with E-state index in [0.717, 1.165) is 45.0 Å². The van der Waals surface area contributed by atoms with E-state index >= 15 is 0 Å². The molecule has 4 nitrogen and oxygen atoms in total. The van der Waals surface area contributed by atoms with Crippen LogP contribution in [0.2, 0.25) is 0 Å². The van der Waals surface area contributed by atoms with Crippen LogP contribution in [0.15, 0.2) is 114 Å². The lowest BCUT2D eigenvalue weighted by Gasteiger charge is -2.16. The molecule has 1 aliphatic carbocycles. The number of halogens is 1. The van der Waals surface area contributed by atoms with E-state index < -0.39 is 0 Å². The first-order valence-electron chi connectivity index (χ1n) is 13.5. The van der Waals surface area contributed by atoms with E-state index in [1.807, 2.05) is 104 Å². The van der Waals surface area contributed by atoms with Crippen molar-refractivity contribution >= 4 is 49.9 Å². The Labute approximate surface area is 243 Å². The van der Waals surface area contributed by atoms with Gasteiger partial charge in [0.1, 0.15) is 0 Å². The minimum atomic E-state index is -0.0990. The first-order valence-corrected chi connectivity index (χ1v) is 14.3. The zero-order valence-electron chi connectivity index (χ0n) is 22.4. The normalized spacial score (nSPS) is 12.1. The lowest BCUT2D eigenvalue weighted by molar-refractivity contribution is 0.101. The summed E-state index contributed by atoms with van der Waals surface area (Å²) in [6.45, 7) is 2.04. The summed E-state index contributed by atoms with van der Waals surface area (Å²) >= 11 is 3.37. The van der Waals surface area contributed by atoms with Gasteiger partial charge in [-0.05, 0) is 115 Å². The molecule has 0 radical (unpaired) electrons. The maximum absolute atomic E-state index is 12.3. The molecule has 2 amide bonds. The van der Waals surface area contributed by atoms with Crippen molar-refractivity contribution in [2.24, 2.45) is 0 Å². The first-order chi connectivity index (χ1) is 19.4. The molecule has 1 aliphatic rings. The molecule has 0 heterocycles. The predicted molar refractivity (Wildman–Crippen MR) is 168 cm³/mol. The van der Waals surface area contributed by atoms with Crippen molar-refractivity contribution < 1.29 is 9.59 Å². The Kier molecular flexibility index (Phi) is 8.72. The molecule has 0 unspecified atom stereocenters. The summed E-state index contributed by atoms with van der Waals surface area (Å²) in [4.78, 5) is 24.5. The fourth-order valence-corrected chi connectivity index (χ4v) is 5.05. The SMILES string of the molecule is Cc1ccc(NC(=O)c2ccc3c(c2)CCCC3)cc1.O=C(Nc1ccc(Br)cc1)c1ccc2ccccc2c1. The van der Waals surface area contributed by atoms with E-state index in [1.165, 1.54) is 29.5 Å². The summed E-state index contributed by atoms with van der Waals surface area (Å²) in [5.41, 5.74) is 6.98. The maximum atomic E-state index is 12.3. The highest BCUT2D eigenvalue weighted by atomic mass is 79.9. The van der Waals surface area contributed by atoms with Crippen molar-refractivity contribution in [2.75, 3.05) is 10.6 Å². The van der Waals surface area contributed by atoms with Crippen LogP contribution in [0.3, 0.4) is 0 Å². The second kappa shape index (κ2) is 12.8. The van der Waals surface area contributed by atoms with Gasteiger partial charge >= 0.3 is 0 Å². The highest BCUT2D eigenvalue weighted by molar-refractivity contribution is 9.10. The third-order valence-corrected chi connectivity index (χ3v) is 7.56. The molecular formula is C35H31BrN2O2. The number of fused-ring (bicyclic) bond motifs is 2. The van der Waals surface area contributed by atoms with Gasteiger partial charge in [-0.1, -0.05) is 70.0 Å². The van der Waals surface area contributed by atoms with Gasteiger partial charge in [0.05, 0.1) is 0 Å². The van der Waals surface area contributed by atoms with Crippen molar-refractivity contribution in [3.63, 3.8) is 0 Å².